The molecular weight excluding hydrogens is 384 g/mol. The fourth-order valence-corrected chi connectivity index (χ4v) is 3.42. The first-order chi connectivity index (χ1) is 13.0. The Bertz CT molecular complexity index is 1020. The van der Waals surface area contributed by atoms with Crippen LogP contribution in [0.15, 0.2) is 41.3 Å². The third kappa shape index (κ3) is 4.65. The first-order valence-electron chi connectivity index (χ1n) is 8.35. The maximum atomic E-state index is 12.3. The van der Waals surface area contributed by atoms with Crippen LogP contribution in [0.4, 0.5) is 17.1 Å². The quantitative estimate of drug-likeness (QED) is 0.538. The van der Waals surface area contributed by atoms with Crippen molar-refractivity contribution in [2.45, 2.75) is 18.7 Å². The number of nitrogens with one attached hydrogen (secondary N) is 2. The number of carbonyl (C=O) groups excluding carboxylic acids is 1. The number of rotatable bonds is 7. The second-order valence-electron chi connectivity index (χ2n) is 6.37. The number of sulfonamides is 1. The average Bonchev–Trinajstić information content (AvgIpc) is 2.62. The molecule has 0 saturated carbocycles. The molecule has 0 spiro atoms. The van der Waals surface area contributed by atoms with Crippen molar-refractivity contribution >= 4 is 33.0 Å². The number of anilines is 2. The molecule has 0 fully saturated rings. The first-order valence-corrected chi connectivity index (χ1v) is 9.79. The van der Waals surface area contributed by atoms with Gasteiger partial charge in [0.15, 0.2) is 0 Å². The van der Waals surface area contributed by atoms with Gasteiger partial charge in [0.05, 0.1) is 27.6 Å². The topological polar surface area (TPSA) is 122 Å². The summed E-state index contributed by atoms with van der Waals surface area (Å²) in [6.07, 6.45) is 0. The van der Waals surface area contributed by atoms with Gasteiger partial charge in [-0.25, -0.2) is 12.7 Å². The highest BCUT2D eigenvalue weighted by molar-refractivity contribution is 7.89. The zero-order valence-corrected chi connectivity index (χ0v) is 16.8. The average molecular weight is 406 g/mol. The fourth-order valence-electron chi connectivity index (χ4n) is 2.49. The molecule has 0 atom stereocenters. The van der Waals surface area contributed by atoms with Crippen molar-refractivity contribution in [2.24, 2.45) is 0 Å². The van der Waals surface area contributed by atoms with Crippen LogP contribution >= 0.6 is 0 Å². The van der Waals surface area contributed by atoms with Crippen LogP contribution in [0.1, 0.15) is 11.1 Å². The molecule has 0 heterocycles. The largest absolute Gasteiger partial charge is 0.376 e. The highest BCUT2D eigenvalue weighted by Gasteiger charge is 2.19. The molecule has 10 heteroatoms. The number of carbonyl (C=O) groups is 1. The van der Waals surface area contributed by atoms with Crippen molar-refractivity contribution in [3.8, 4) is 0 Å². The van der Waals surface area contributed by atoms with E-state index >= 15 is 0 Å². The highest BCUT2D eigenvalue weighted by Crippen LogP contribution is 2.25. The zero-order valence-electron chi connectivity index (χ0n) is 16.0. The highest BCUT2D eigenvalue weighted by atomic mass is 32.2. The molecule has 0 aliphatic heterocycles. The van der Waals surface area contributed by atoms with E-state index in [4.69, 9.17) is 0 Å². The summed E-state index contributed by atoms with van der Waals surface area (Å²) < 4.78 is 25.6. The Balaban J connectivity index is 2.14. The summed E-state index contributed by atoms with van der Waals surface area (Å²) in [4.78, 5) is 22.8. The molecule has 0 unspecified atom stereocenters. The molecular formula is C18H22N4O5S. The molecule has 0 aliphatic rings. The Morgan fingerprint density at radius 2 is 1.82 bits per heavy atom. The molecule has 0 bridgehead atoms. The van der Waals surface area contributed by atoms with Gasteiger partial charge in [-0.05, 0) is 37.6 Å². The SMILES string of the molecule is Cc1ccc(S(=O)(=O)N(C)C)cc1NCC(=O)Nc1cccc([N+](=O)[O-])c1C. The minimum absolute atomic E-state index is 0.0804. The van der Waals surface area contributed by atoms with E-state index in [0.29, 0.717) is 16.9 Å². The van der Waals surface area contributed by atoms with Crippen LogP contribution in [0.25, 0.3) is 0 Å². The summed E-state index contributed by atoms with van der Waals surface area (Å²) in [5, 5.41) is 16.5. The summed E-state index contributed by atoms with van der Waals surface area (Å²) in [5.74, 6) is -0.413. The van der Waals surface area contributed by atoms with E-state index in [0.717, 1.165) is 9.87 Å². The Kier molecular flexibility index (Phi) is 6.37. The van der Waals surface area contributed by atoms with Crippen LogP contribution in [0.3, 0.4) is 0 Å². The number of nitro benzene ring substituents is 1. The van der Waals surface area contributed by atoms with Gasteiger partial charge in [0.1, 0.15) is 0 Å². The van der Waals surface area contributed by atoms with Gasteiger partial charge < -0.3 is 10.6 Å². The van der Waals surface area contributed by atoms with E-state index in [2.05, 4.69) is 10.6 Å². The van der Waals surface area contributed by atoms with E-state index in [9.17, 15) is 23.3 Å². The molecule has 1 amide bonds. The third-order valence-electron chi connectivity index (χ3n) is 4.20. The standard InChI is InChI=1S/C18H22N4O5S/c1-12-8-9-14(28(26,27)21(3)4)10-16(12)19-11-18(23)20-15-6-5-7-17(13(15)2)22(24)25/h5-10,19H,11H2,1-4H3,(H,20,23). The Hall–Kier alpha value is -2.98. The van der Waals surface area contributed by atoms with Crippen molar-refractivity contribution in [2.75, 3.05) is 31.3 Å². The van der Waals surface area contributed by atoms with E-state index < -0.39 is 20.9 Å². The lowest BCUT2D eigenvalue weighted by atomic mass is 10.1. The molecule has 9 nitrogen and oxygen atoms in total. The number of aryl methyl sites for hydroxylation is 1. The van der Waals surface area contributed by atoms with Crippen molar-refractivity contribution in [3.05, 3.63) is 57.6 Å². The maximum Gasteiger partial charge on any atom is 0.274 e. The summed E-state index contributed by atoms with van der Waals surface area (Å²) in [6, 6.07) is 9.06. The van der Waals surface area contributed by atoms with Gasteiger partial charge >= 0.3 is 0 Å². The number of nitro groups is 1. The predicted molar refractivity (Wildman–Crippen MR) is 107 cm³/mol. The van der Waals surface area contributed by atoms with Gasteiger partial charge in [0.2, 0.25) is 15.9 Å². The van der Waals surface area contributed by atoms with Crippen molar-refractivity contribution in [1.29, 1.82) is 0 Å². The Labute approximate surface area is 163 Å². The van der Waals surface area contributed by atoms with Crippen LogP contribution in [0.2, 0.25) is 0 Å². The zero-order chi connectivity index (χ0) is 21.1. The van der Waals surface area contributed by atoms with Gasteiger partial charge in [0, 0.05) is 25.8 Å². The summed E-state index contributed by atoms with van der Waals surface area (Å²) in [6.45, 7) is 3.21. The third-order valence-corrected chi connectivity index (χ3v) is 6.01. The summed E-state index contributed by atoms with van der Waals surface area (Å²) in [7, 11) is -0.710. The van der Waals surface area contributed by atoms with Crippen molar-refractivity contribution in [3.63, 3.8) is 0 Å². The molecule has 2 aromatic carbocycles. The fraction of sp³-hybridized carbons (Fsp3) is 0.278. The number of hydrogen-bond acceptors (Lipinski definition) is 6. The second-order valence-corrected chi connectivity index (χ2v) is 8.52. The lowest BCUT2D eigenvalue weighted by Crippen LogP contribution is -2.24. The normalized spacial score (nSPS) is 11.3. The van der Waals surface area contributed by atoms with E-state index in [1.807, 2.05) is 0 Å². The minimum Gasteiger partial charge on any atom is -0.376 e. The number of amides is 1. The van der Waals surface area contributed by atoms with Crippen LogP contribution < -0.4 is 10.6 Å². The number of nitrogens with zero attached hydrogens (tertiary/aromatic N) is 2. The van der Waals surface area contributed by atoms with Crippen LogP contribution in [-0.4, -0.2) is 44.2 Å². The molecule has 0 aliphatic carbocycles. The molecule has 0 radical (unpaired) electrons. The first kappa shape index (κ1) is 21.3. The molecule has 28 heavy (non-hydrogen) atoms. The van der Waals surface area contributed by atoms with Gasteiger partial charge in [-0.1, -0.05) is 12.1 Å². The molecule has 2 aromatic rings. The van der Waals surface area contributed by atoms with Crippen molar-refractivity contribution < 1.29 is 18.1 Å². The van der Waals surface area contributed by atoms with E-state index in [1.54, 1.807) is 26.0 Å². The Morgan fingerprint density at radius 1 is 1.14 bits per heavy atom. The minimum atomic E-state index is -3.59. The Morgan fingerprint density at radius 3 is 2.43 bits per heavy atom. The second kappa shape index (κ2) is 8.36. The van der Waals surface area contributed by atoms with Crippen LogP contribution in [-0.2, 0) is 14.8 Å². The number of benzene rings is 2. The summed E-state index contributed by atoms with van der Waals surface area (Å²) in [5.41, 5.74) is 1.91. The molecule has 2 rings (SSSR count). The molecule has 0 aromatic heterocycles. The molecule has 2 N–H and O–H groups in total. The van der Waals surface area contributed by atoms with E-state index in [-0.39, 0.29) is 17.1 Å². The molecule has 0 saturated heterocycles. The monoisotopic (exact) mass is 406 g/mol. The lowest BCUT2D eigenvalue weighted by molar-refractivity contribution is -0.385. The predicted octanol–water partition coefficient (Wildman–Crippen LogP) is 2.51. The van der Waals surface area contributed by atoms with Crippen LogP contribution in [0, 0.1) is 24.0 Å². The summed E-state index contributed by atoms with van der Waals surface area (Å²) >= 11 is 0. The van der Waals surface area contributed by atoms with E-state index in [1.165, 1.54) is 38.4 Å². The lowest BCUT2D eigenvalue weighted by Gasteiger charge is -2.15. The number of hydrogen-bond donors (Lipinski definition) is 2. The van der Waals surface area contributed by atoms with Gasteiger partial charge in [-0.2, -0.15) is 0 Å². The van der Waals surface area contributed by atoms with Gasteiger partial charge in [0.25, 0.3) is 5.69 Å². The van der Waals surface area contributed by atoms with Crippen LogP contribution in [0.5, 0.6) is 0 Å². The van der Waals surface area contributed by atoms with Gasteiger partial charge in [-0.15, -0.1) is 0 Å². The smallest absolute Gasteiger partial charge is 0.274 e. The van der Waals surface area contributed by atoms with Crippen molar-refractivity contribution in [1.82, 2.24) is 4.31 Å². The molecule has 150 valence electrons. The van der Waals surface area contributed by atoms with Gasteiger partial charge in [-0.3, -0.25) is 14.9 Å². The maximum absolute atomic E-state index is 12.3.